The van der Waals surface area contributed by atoms with Crippen LogP contribution in [-0.2, 0) is 22.4 Å². The summed E-state index contributed by atoms with van der Waals surface area (Å²) in [5.74, 6) is 1.83. The number of rotatable bonds is 6. The Morgan fingerprint density at radius 3 is 2.61 bits per heavy atom. The first-order valence-corrected chi connectivity index (χ1v) is 12.6. The van der Waals surface area contributed by atoms with Gasteiger partial charge in [0.2, 0.25) is 11.8 Å². The summed E-state index contributed by atoms with van der Waals surface area (Å²) in [5.41, 5.74) is 5.82. The molecule has 1 aromatic heterocycles. The van der Waals surface area contributed by atoms with Crippen molar-refractivity contribution in [3.8, 4) is 11.3 Å². The van der Waals surface area contributed by atoms with Gasteiger partial charge in [0.1, 0.15) is 18.5 Å². The number of aromatic nitrogens is 1. The van der Waals surface area contributed by atoms with Crippen molar-refractivity contribution >= 4 is 35.0 Å². The van der Waals surface area contributed by atoms with Crippen LogP contribution in [0, 0.1) is 5.92 Å². The monoisotopic (exact) mass is 461 g/mol. The van der Waals surface area contributed by atoms with Crippen molar-refractivity contribution in [2.24, 2.45) is 5.92 Å². The maximum Gasteiger partial charge on any atom is 0.244 e. The molecule has 1 aliphatic carbocycles. The van der Waals surface area contributed by atoms with Crippen LogP contribution < -0.4 is 10.2 Å². The van der Waals surface area contributed by atoms with E-state index in [4.69, 9.17) is 4.42 Å². The van der Waals surface area contributed by atoms with Crippen molar-refractivity contribution in [1.82, 2.24) is 4.98 Å². The zero-order chi connectivity index (χ0) is 22.6. The maximum absolute atomic E-state index is 13.5. The third kappa shape index (κ3) is 4.98. The first-order valence-electron chi connectivity index (χ1n) is 11.5. The minimum Gasteiger partial charge on any atom is -0.451 e. The number of oxazole rings is 1. The molecule has 0 saturated carbocycles. The van der Waals surface area contributed by atoms with E-state index in [1.807, 2.05) is 42.1 Å². The molecule has 2 aromatic carbocycles. The Balaban J connectivity index is 1.32. The predicted octanol–water partition coefficient (Wildman–Crippen LogP) is 4.95. The van der Waals surface area contributed by atoms with Crippen molar-refractivity contribution in [2.75, 3.05) is 28.3 Å². The summed E-state index contributed by atoms with van der Waals surface area (Å²) in [5, 5.41) is 2.94. The minimum atomic E-state index is -0.205. The van der Waals surface area contributed by atoms with Gasteiger partial charge >= 0.3 is 0 Å². The molecule has 1 aliphatic heterocycles. The number of nitrogens with one attached hydrogen (secondary N) is 1. The van der Waals surface area contributed by atoms with E-state index in [1.165, 1.54) is 17.5 Å². The Hall–Kier alpha value is -3.06. The quantitative estimate of drug-likeness (QED) is 0.562. The number of carbonyl (C=O) groups is 2. The fraction of sp³-hybridized carbons (Fsp3) is 0.346. The number of carbonyl (C=O) groups excluding carboxylic acids is 2. The van der Waals surface area contributed by atoms with Gasteiger partial charge in [-0.3, -0.25) is 9.59 Å². The number of amides is 2. The third-order valence-electron chi connectivity index (χ3n) is 6.43. The van der Waals surface area contributed by atoms with Crippen LogP contribution in [0.3, 0.4) is 0 Å². The number of fused-ring (bicyclic) bond motifs is 1. The molecule has 2 heterocycles. The van der Waals surface area contributed by atoms with Gasteiger partial charge in [-0.1, -0.05) is 18.2 Å². The third-order valence-corrected chi connectivity index (χ3v) is 7.48. The van der Waals surface area contributed by atoms with Gasteiger partial charge in [0.15, 0.2) is 6.39 Å². The Kier molecular flexibility index (Phi) is 6.48. The molecule has 1 fully saturated rings. The van der Waals surface area contributed by atoms with E-state index in [2.05, 4.69) is 22.4 Å². The number of aryl methyl sites for hydroxylation is 2. The van der Waals surface area contributed by atoms with Crippen molar-refractivity contribution in [3.05, 3.63) is 66.2 Å². The predicted molar refractivity (Wildman–Crippen MR) is 131 cm³/mol. The van der Waals surface area contributed by atoms with E-state index in [0.29, 0.717) is 5.69 Å². The summed E-state index contributed by atoms with van der Waals surface area (Å²) in [6.07, 6.45) is 7.99. The van der Waals surface area contributed by atoms with Gasteiger partial charge in [0.25, 0.3) is 0 Å². The molecule has 0 spiro atoms. The second-order valence-corrected chi connectivity index (χ2v) is 9.84. The molecule has 2 aliphatic rings. The molecule has 33 heavy (non-hydrogen) atoms. The smallest absolute Gasteiger partial charge is 0.244 e. The molecular weight excluding hydrogens is 434 g/mol. The molecular formula is C26H27N3O3S. The molecule has 170 valence electrons. The number of hydrogen-bond acceptors (Lipinski definition) is 5. The van der Waals surface area contributed by atoms with Crippen molar-refractivity contribution in [2.45, 2.75) is 32.1 Å². The minimum absolute atomic E-state index is 0.00625. The molecule has 6 nitrogen and oxygen atoms in total. The Morgan fingerprint density at radius 2 is 1.85 bits per heavy atom. The van der Waals surface area contributed by atoms with Gasteiger partial charge in [0, 0.05) is 22.9 Å². The van der Waals surface area contributed by atoms with Gasteiger partial charge < -0.3 is 14.6 Å². The fourth-order valence-corrected chi connectivity index (χ4v) is 5.72. The average Bonchev–Trinajstić information content (AvgIpc) is 3.55. The summed E-state index contributed by atoms with van der Waals surface area (Å²) >= 11 is 1.90. The lowest BCUT2D eigenvalue weighted by molar-refractivity contribution is -0.124. The van der Waals surface area contributed by atoms with Crippen molar-refractivity contribution in [1.29, 1.82) is 0 Å². The van der Waals surface area contributed by atoms with Crippen molar-refractivity contribution < 1.29 is 14.0 Å². The van der Waals surface area contributed by atoms with Crippen LogP contribution in [0.1, 0.15) is 30.4 Å². The first-order chi connectivity index (χ1) is 16.2. The highest BCUT2D eigenvalue weighted by Crippen LogP contribution is 2.30. The number of hydrogen-bond donors (Lipinski definition) is 1. The van der Waals surface area contributed by atoms with Crippen molar-refractivity contribution in [3.63, 3.8) is 0 Å². The van der Waals surface area contributed by atoms with Gasteiger partial charge in [-0.25, -0.2) is 4.98 Å². The second kappa shape index (κ2) is 9.83. The van der Waals surface area contributed by atoms with Gasteiger partial charge in [0.05, 0.1) is 0 Å². The number of thioether (sulfide) groups is 1. The molecule has 0 atom stereocenters. The summed E-state index contributed by atoms with van der Waals surface area (Å²) in [7, 11) is 0. The highest BCUT2D eigenvalue weighted by Gasteiger charge is 2.29. The van der Waals surface area contributed by atoms with E-state index in [0.717, 1.165) is 60.6 Å². The van der Waals surface area contributed by atoms with Gasteiger partial charge in [-0.15, -0.1) is 0 Å². The normalized spacial score (nSPS) is 15.8. The van der Waals surface area contributed by atoms with Gasteiger partial charge in [-0.05, 0) is 79.0 Å². The van der Waals surface area contributed by atoms with E-state index < -0.39 is 0 Å². The maximum atomic E-state index is 13.5. The van der Waals surface area contributed by atoms with E-state index in [-0.39, 0.29) is 24.3 Å². The van der Waals surface area contributed by atoms with E-state index in [1.54, 1.807) is 11.2 Å². The van der Waals surface area contributed by atoms with E-state index in [9.17, 15) is 9.59 Å². The molecule has 1 N–H and O–H groups in total. The second-order valence-electron chi connectivity index (χ2n) is 8.62. The zero-order valence-corrected chi connectivity index (χ0v) is 19.3. The lowest BCUT2D eigenvalue weighted by Gasteiger charge is -2.29. The summed E-state index contributed by atoms with van der Waals surface area (Å²) in [6, 6.07) is 13.7. The standard InChI is InChI=1S/C26H27N3O3S/c30-25(28-22-7-4-19(5-8-22)24-16-32-17-27-24)15-29(26(31)20-10-12-33-13-11-20)23-9-6-18-2-1-3-21(18)14-23/h4-9,14,16-17,20H,1-3,10-13,15H2,(H,28,30). The number of nitrogens with zero attached hydrogens (tertiary/aromatic N) is 2. The lowest BCUT2D eigenvalue weighted by Crippen LogP contribution is -2.42. The molecule has 2 amide bonds. The number of anilines is 2. The molecule has 1 saturated heterocycles. The van der Waals surface area contributed by atoms with Crippen LogP contribution in [-0.4, -0.2) is 34.8 Å². The molecule has 0 radical (unpaired) electrons. The Labute approximate surface area is 197 Å². The largest absolute Gasteiger partial charge is 0.451 e. The Morgan fingerprint density at radius 1 is 1.06 bits per heavy atom. The summed E-state index contributed by atoms with van der Waals surface area (Å²) in [4.78, 5) is 32.3. The fourth-order valence-electron chi connectivity index (χ4n) is 4.61. The summed E-state index contributed by atoms with van der Waals surface area (Å²) in [6.45, 7) is 0.00625. The first kappa shape index (κ1) is 21.8. The molecule has 3 aromatic rings. The summed E-state index contributed by atoms with van der Waals surface area (Å²) < 4.78 is 5.03. The van der Waals surface area contributed by atoms with Crippen LogP contribution in [0.5, 0.6) is 0 Å². The molecule has 0 unspecified atom stereocenters. The Bertz CT molecular complexity index is 1120. The highest BCUT2D eigenvalue weighted by molar-refractivity contribution is 7.99. The molecule has 0 bridgehead atoms. The lowest BCUT2D eigenvalue weighted by atomic mass is 10.00. The topological polar surface area (TPSA) is 75.4 Å². The van der Waals surface area contributed by atoms with Crippen LogP contribution >= 0.6 is 11.8 Å². The molecule has 5 rings (SSSR count). The van der Waals surface area contributed by atoms with Crippen LogP contribution in [0.15, 0.2) is 59.5 Å². The molecule has 7 heteroatoms. The SMILES string of the molecule is O=C(CN(C(=O)C1CCSCC1)c1ccc2c(c1)CCC2)Nc1ccc(-c2cocn2)cc1. The van der Waals surface area contributed by atoms with E-state index >= 15 is 0 Å². The van der Waals surface area contributed by atoms with Crippen LogP contribution in [0.4, 0.5) is 11.4 Å². The highest BCUT2D eigenvalue weighted by atomic mass is 32.2. The zero-order valence-electron chi connectivity index (χ0n) is 18.5. The number of benzene rings is 2. The van der Waals surface area contributed by atoms with Crippen LogP contribution in [0.25, 0.3) is 11.3 Å². The average molecular weight is 462 g/mol. The van der Waals surface area contributed by atoms with Crippen LogP contribution in [0.2, 0.25) is 0 Å². The van der Waals surface area contributed by atoms with Gasteiger partial charge in [-0.2, -0.15) is 11.8 Å².